The van der Waals surface area contributed by atoms with E-state index in [4.69, 9.17) is 51.8 Å². The summed E-state index contributed by atoms with van der Waals surface area (Å²) >= 11 is 0. The van der Waals surface area contributed by atoms with Crippen molar-refractivity contribution in [3.8, 4) is 33.9 Å². The molecular formula is C70H98N3O16S2+. The fraction of sp³-hybridized carbons (Fsp3) is 0.643. The summed E-state index contributed by atoms with van der Waals surface area (Å²) in [4.78, 5) is 1.15. The molecule has 3 aromatic rings. The van der Waals surface area contributed by atoms with Gasteiger partial charge in [-0.2, -0.15) is 8.42 Å². The molecule has 0 unspecified atom stereocenters. The lowest BCUT2D eigenvalue weighted by Gasteiger charge is -2.56. The minimum Gasteiger partial charge on any atom is -0.744 e. The fourth-order valence-corrected chi connectivity index (χ4v) is 18.5. The first-order chi connectivity index (χ1) is 44.1. The number of quaternary nitrogens is 1. The first-order valence-electron chi connectivity index (χ1n) is 33.8. The van der Waals surface area contributed by atoms with Crippen molar-refractivity contribution in [2.75, 3.05) is 137 Å². The van der Waals surface area contributed by atoms with Gasteiger partial charge in [-0.1, -0.05) is 6.07 Å². The van der Waals surface area contributed by atoms with Gasteiger partial charge in [-0.05, 0) is 183 Å². The summed E-state index contributed by atoms with van der Waals surface area (Å²) in [7, 11) is -9.58. The van der Waals surface area contributed by atoms with Gasteiger partial charge >= 0.3 is 10.0 Å². The van der Waals surface area contributed by atoms with Crippen molar-refractivity contribution in [1.29, 1.82) is 0 Å². The predicted molar refractivity (Wildman–Crippen MR) is 345 cm³/mol. The highest BCUT2D eigenvalue weighted by atomic mass is 32.2. The molecule has 3 aromatic carbocycles. The first-order valence-corrected chi connectivity index (χ1v) is 36.7. The van der Waals surface area contributed by atoms with Gasteiger partial charge in [0.05, 0.1) is 115 Å². The van der Waals surface area contributed by atoms with Crippen LogP contribution in [0.4, 0.5) is 5.69 Å². The monoisotopic (exact) mass is 1300 g/mol. The molecule has 13 rings (SSSR count). The molecule has 0 radical (unpaired) electrons. The van der Waals surface area contributed by atoms with Gasteiger partial charge in [-0.3, -0.25) is 0 Å². The first kappa shape index (κ1) is 67.7. The second-order valence-electron chi connectivity index (χ2n) is 26.3. The number of ether oxygens (including phenoxy) is 10. The van der Waals surface area contributed by atoms with Crippen LogP contribution in [0.1, 0.15) is 110 Å². The van der Waals surface area contributed by atoms with E-state index in [9.17, 15) is 21.4 Å². The normalized spacial score (nSPS) is 24.1. The van der Waals surface area contributed by atoms with Gasteiger partial charge in [0, 0.05) is 64.6 Å². The maximum atomic E-state index is 14.3. The smallest absolute Gasteiger partial charge is 0.324 e. The van der Waals surface area contributed by atoms with Crippen molar-refractivity contribution in [1.82, 2.24) is 4.58 Å². The Morgan fingerprint density at radius 2 is 0.978 bits per heavy atom. The van der Waals surface area contributed by atoms with Crippen LogP contribution in [-0.4, -0.2) is 164 Å². The average molecular weight is 1300 g/mol. The van der Waals surface area contributed by atoms with Crippen LogP contribution in [0.3, 0.4) is 0 Å². The summed E-state index contributed by atoms with van der Waals surface area (Å²) in [6, 6.07) is 20.3. The molecule has 8 bridgehead atoms. The lowest BCUT2D eigenvalue weighted by Crippen LogP contribution is -2.85. The molecule has 19 nitrogen and oxygen atoms in total. The summed E-state index contributed by atoms with van der Waals surface area (Å²) in [5, 5.41) is 1.47. The maximum Gasteiger partial charge on any atom is 0.324 e. The molecule has 2 N–H and O–H groups in total. The van der Waals surface area contributed by atoms with E-state index in [0.717, 1.165) is 83.5 Å². The average Bonchev–Trinajstić information content (AvgIpc) is 0.856. The van der Waals surface area contributed by atoms with E-state index >= 15 is 0 Å². The number of fused-ring (bicyclic) bond motifs is 2. The number of hydrogen-bond acceptors (Lipinski definition) is 17. The zero-order chi connectivity index (χ0) is 63.4. The Bertz CT molecular complexity index is 3310. The lowest BCUT2D eigenvalue weighted by atomic mass is 9.54. The number of nitrogens with zero attached hydrogens (tertiary/aromatic N) is 2. The molecule has 0 spiro atoms. The Balaban J connectivity index is 0.685. The van der Waals surface area contributed by atoms with Crippen molar-refractivity contribution in [2.24, 2.45) is 35.5 Å². The van der Waals surface area contributed by atoms with Crippen molar-refractivity contribution >= 4 is 36.8 Å². The molecule has 1 aliphatic heterocycles. The number of hydrogen-bond donors (Lipinski definition) is 1. The van der Waals surface area contributed by atoms with Crippen LogP contribution in [0.25, 0.3) is 33.4 Å². The Morgan fingerprint density at radius 1 is 0.527 bits per heavy atom. The molecule has 9 aliphatic carbocycles. The van der Waals surface area contributed by atoms with Crippen molar-refractivity contribution < 1.29 is 77.9 Å². The highest BCUT2D eigenvalue weighted by Gasteiger charge is 2.53. The quantitative estimate of drug-likeness (QED) is 0.0168. The molecule has 10 aliphatic rings. The van der Waals surface area contributed by atoms with E-state index in [1.807, 2.05) is 36.4 Å². The topological polar surface area (TPSA) is 220 Å². The lowest BCUT2D eigenvalue weighted by molar-refractivity contribution is -0.514. The second-order valence-corrected chi connectivity index (χ2v) is 29.5. The second kappa shape index (κ2) is 31.2. The molecule has 500 valence electrons. The Kier molecular flexibility index (Phi) is 23.2. The van der Waals surface area contributed by atoms with E-state index in [-0.39, 0.29) is 54.6 Å². The molecule has 21 heteroatoms. The van der Waals surface area contributed by atoms with E-state index in [0.29, 0.717) is 124 Å². The molecule has 8 fully saturated rings. The summed E-state index contributed by atoms with van der Waals surface area (Å²) in [6.07, 6.45) is 15.7. The highest BCUT2D eigenvalue weighted by Crippen LogP contribution is 2.58. The van der Waals surface area contributed by atoms with E-state index in [1.165, 1.54) is 89.2 Å². The molecule has 1 heterocycles. The Morgan fingerprint density at radius 3 is 1.43 bits per heavy atom. The van der Waals surface area contributed by atoms with Crippen molar-refractivity contribution in [2.45, 2.75) is 132 Å². The molecule has 91 heavy (non-hydrogen) atoms. The Hall–Kier alpha value is -4.75. The number of anilines is 1. The highest BCUT2D eigenvalue weighted by molar-refractivity contribution is 7.86. The van der Waals surface area contributed by atoms with E-state index in [2.05, 4.69) is 37.2 Å². The number of sulfonamides is 1. The van der Waals surface area contributed by atoms with Gasteiger partial charge in [0.15, 0.2) is 0 Å². The van der Waals surface area contributed by atoms with Gasteiger partial charge < -0.3 is 61.2 Å². The van der Waals surface area contributed by atoms with Crippen LogP contribution in [0.15, 0.2) is 87.0 Å². The van der Waals surface area contributed by atoms with Gasteiger partial charge in [0.25, 0.3) is 0 Å². The third-order valence-corrected chi connectivity index (χ3v) is 22.4. The van der Waals surface area contributed by atoms with Crippen LogP contribution < -0.4 is 29.0 Å². The molecule has 0 saturated heterocycles. The third kappa shape index (κ3) is 17.4. The minimum absolute atomic E-state index is 0.0615. The number of nitrogens with two attached hydrogens (primary N) is 1. The summed E-state index contributed by atoms with van der Waals surface area (Å²) < 4.78 is 139. The van der Waals surface area contributed by atoms with Crippen LogP contribution in [0.2, 0.25) is 0 Å². The molecular weight excluding hydrogens is 1200 g/mol. The number of rotatable bonds is 39. The summed E-state index contributed by atoms with van der Waals surface area (Å²) in [5.41, 5.74) is 3.16. The zero-order valence-electron chi connectivity index (χ0n) is 54.0. The van der Waals surface area contributed by atoms with Crippen molar-refractivity contribution in [3.63, 3.8) is 0 Å². The summed E-state index contributed by atoms with van der Waals surface area (Å²) in [5.74, 6) is 6.42. The molecule has 8 saturated carbocycles. The van der Waals surface area contributed by atoms with Gasteiger partial charge in [0.1, 0.15) is 70.7 Å². The van der Waals surface area contributed by atoms with Gasteiger partial charge in [-0.15, -0.1) is 0 Å². The third-order valence-electron chi connectivity index (χ3n) is 20.0. The number of primary sulfonamides is 1. The molecule has 0 atom stereocenters. The van der Waals surface area contributed by atoms with E-state index < -0.39 is 25.0 Å². The molecule has 0 aromatic heterocycles. The summed E-state index contributed by atoms with van der Waals surface area (Å²) in [6.45, 7) is 17.7. The van der Waals surface area contributed by atoms with E-state index in [1.54, 1.807) is 18.2 Å². The standard InChI is InChI=1S/C70H97N3O16S2/c1-5-72(6-2)57-9-12-62-65(39-57)89-66-40-58(73(7-3)8-4)10-13-63(66)68(62)64-14-11-61(42-67(64)91(76,77)78)90(74,75)71-49-56-37-59(85-27-23-81-19-15-79-17-21-83-25-29-87-69-43-50-31-51(44-69)33-52(32-50)45-69)41-60(38-56)86-28-24-82-20-16-80-18-22-84-26-30-88-70-46-53-34-54(47-70)36-55(35-53)48-70/h9-14,37-42,50-55,71H,5-8,15-36,43-49H2,1-4H3/p+1. The van der Waals surface area contributed by atoms with Crippen LogP contribution >= 0.6 is 0 Å². The SMILES string of the molecule is CCN(CC)c1ccc2c(-c3ccc(S(=O)(=O)[NH2+]Cc4cc(OCCOCCOCCOCCOC56CC7CC(CC(C7)C5)C6)cc(OCCOCCOCCOCCOC56CC7CC(CC(C7)C5)C6)c4)cc3S(=O)(=O)[O-])c3ccc(=[N+](CC)CC)cc-3oc2c1. The van der Waals surface area contributed by atoms with Crippen LogP contribution in [0, 0.1) is 35.5 Å². The fourth-order valence-electron chi connectivity index (χ4n) is 16.6. The minimum atomic E-state index is -5.26. The maximum absolute atomic E-state index is 14.3. The van der Waals surface area contributed by atoms with Gasteiger partial charge in [-0.25, -0.2) is 17.7 Å². The Labute approximate surface area is 538 Å². The van der Waals surface area contributed by atoms with Crippen LogP contribution in [-0.2, 0) is 64.6 Å². The molecule has 0 amide bonds. The zero-order valence-corrected chi connectivity index (χ0v) is 55.7. The number of benzene rings is 4. The predicted octanol–water partition coefficient (Wildman–Crippen LogP) is 9.05. The van der Waals surface area contributed by atoms with Gasteiger partial charge in [0.2, 0.25) is 5.36 Å². The largest absolute Gasteiger partial charge is 0.744 e. The van der Waals surface area contributed by atoms with Crippen molar-refractivity contribution in [3.05, 3.63) is 83.7 Å². The van der Waals surface area contributed by atoms with Crippen LogP contribution in [0.5, 0.6) is 11.5 Å².